The van der Waals surface area contributed by atoms with Crippen LogP contribution >= 0.6 is 11.8 Å². The van der Waals surface area contributed by atoms with Crippen LogP contribution in [-0.2, 0) is 15.6 Å². The topological polar surface area (TPSA) is 49.7 Å². The van der Waals surface area contributed by atoms with E-state index in [1.165, 1.54) is 28.8 Å². The Hall–Kier alpha value is -2.00. The molecular formula is C18H15F3N2O2S2. The Labute approximate surface area is 159 Å². The van der Waals surface area contributed by atoms with Crippen LogP contribution in [0.3, 0.4) is 0 Å². The molecule has 0 bridgehead atoms. The van der Waals surface area contributed by atoms with Gasteiger partial charge in [-0.3, -0.25) is 4.99 Å². The number of anilines is 1. The summed E-state index contributed by atoms with van der Waals surface area (Å²) < 4.78 is 65.5. The standard InChI is InChI=1S/C18H15F3N2O2S2/c19-12-5-6-16(14(21)7-12)23-17-10-27(24,25)9-15(17)22-18(23)26-8-11-3-1-2-4-13(11)20/h1-7,15,17H,8-10H2. The normalized spacial score (nSPS) is 23.4. The minimum Gasteiger partial charge on any atom is -0.312 e. The van der Waals surface area contributed by atoms with Crippen molar-refractivity contribution in [3.63, 3.8) is 0 Å². The van der Waals surface area contributed by atoms with Gasteiger partial charge in [-0.1, -0.05) is 30.0 Å². The Morgan fingerprint density at radius 3 is 2.59 bits per heavy atom. The summed E-state index contributed by atoms with van der Waals surface area (Å²) in [7, 11) is -3.28. The first-order valence-corrected chi connectivity index (χ1v) is 11.0. The number of rotatable bonds is 3. The molecule has 9 heteroatoms. The third-order valence-corrected chi connectivity index (χ3v) is 7.31. The fraction of sp³-hybridized carbons (Fsp3) is 0.278. The van der Waals surface area contributed by atoms with Gasteiger partial charge in [-0.15, -0.1) is 0 Å². The van der Waals surface area contributed by atoms with Crippen molar-refractivity contribution in [1.82, 2.24) is 0 Å². The molecule has 4 nitrogen and oxygen atoms in total. The quantitative estimate of drug-likeness (QED) is 0.776. The first-order valence-electron chi connectivity index (χ1n) is 8.23. The lowest BCUT2D eigenvalue weighted by molar-refractivity contribution is 0.577. The van der Waals surface area contributed by atoms with Gasteiger partial charge in [0.25, 0.3) is 0 Å². The van der Waals surface area contributed by atoms with Crippen LogP contribution in [0.25, 0.3) is 0 Å². The van der Waals surface area contributed by atoms with Crippen molar-refractivity contribution >= 4 is 32.5 Å². The van der Waals surface area contributed by atoms with Gasteiger partial charge in [0, 0.05) is 11.8 Å². The summed E-state index contributed by atoms with van der Waals surface area (Å²) >= 11 is 1.20. The predicted molar refractivity (Wildman–Crippen MR) is 100 cm³/mol. The zero-order chi connectivity index (χ0) is 19.2. The van der Waals surface area contributed by atoms with Crippen LogP contribution < -0.4 is 4.90 Å². The molecule has 0 aromatic heterocycles. The maximum atomic E-state index is 14.4. The van der Waals surface area contributed by atoms with Crippen molar-refractivity contribution in [3.05, 3.63) is 65.5 Å². The second-order valence-corrected chi connectivity index (χ2v) is 9.57. The molecule has 2 aliphatic heterocycles. The number of amidine groups is 1. The van der Waals surface area contributed by atoms with Crippen molar-refractivity contribution in [2.24, 2.45) is 4.99 Å². The lowest BCUT2D eigenvalue weighted by atomic mass is 10.1. The number of hydrogen-bond donors (Lipinski definition) is 0. The monoisotopic (exact) mass is 412 g/mol. The number of halogens is 3. The van der Waals surface area contributed by atoms with Gasteiger partial charge >= 0.3 is 0 Å². The van der Waals surface area contributed by atoms with Gasteiger partial charge in [0.2, 0.25) is 0 Å². The van der Waals surface area contributed by atoms with Crippen molar-refractivity contribution in [1.29, 1.82) is 0 Å². The highest BCUT2D eigenvalue weighted by molar-refractivity contribution is 8.13. The Kier molecular flexibility index (Phi) is 4.67. The van der Waals surface area contributed by atoms with Crippen LogP contribution in [-0.4, -0.2) is 37.2 Å². The third kappa shape index (κ3) is 3.58. The fourth-order valence-electron chi connectivity index (χ4n) is 3.35. The fourth-order valence-corrected chi connectivity index (χ4v) is 6.30. The van der Waals surface area contributed by atoms with Crippen molar-refractivity contribution < 1.29 is 21.6 Å². The summed E-state index contributed by atoms with van der Waals surface area (Å²) in [6, 6.07) is 8.40. The second-order valence-electron chi connectivity index (χ2n) is 6.47. The van der Waals surface area contributed by atoms with Crippen LogP contribution in [0.2, 0.25) is 0 Å². The molecule has 2 aliphatic rings. The maximum absolute atomic E-state index is 14.4. The summed E-state index contributed by atoms with van der Waals surface area (Å²) in [6.45, 7) is 0. The molecular weight excluding hydrogens is 397 g/mol. The molecule has 0 N–H and O–H groups in total. The summed E-state index contributed by atoms with van der Waals surface area (Å²) in [4.78, 5) is 5.96. The largest absolute Gasteiger partial charge is 0.312 e. The molecule has 1 saturated heterocycles. The Bertz CT molecular complexity index is 1030. The molecule has 0 amide bonds. The van der Waals surface area contributed by atoms with Gasteiger partial charge < -0.3 is 4.90 Å². The van der Waals surface area contributed by atoms with E-state index in [-0.39, 0.29) is 28.8 Å². The Balaban J connectivity index is 1.66. The molecule has 0 saturated carbocycles. The van der Waals surface area contributed by atoms with Crippen molar-refractivity contribution in [2.75, 3.05) is 16.4 Å². The number of sulfone groups is 1. The highest BCUT2D eigenvalue weighted by Gasteiger charge is 2.47. The number of fused-ring (bicyclic) bond motifs is 1. The lowest BCUT2D eigenvalue weighted by Crippen LogP contribution is -2.39. The molecule has 0 radical (unpaired) electrons. The van der Waals surface area contributed by atoms with Gasteiger partial charge in [-0.05, 0) is 23.8 Å². The van der Waals surface area contributed by atoms with Gasteiger partial charge in [0.1, 0.15) is 17.5 Å². The molecule has 1 fully saturated rings. The first-order chi connectivity index (χ1) is 12.8. The van der Waals surface area contributed by atoms with Crippen LogP contribution in [0.5, 0.6) is 0 Å². The Morgan fingerprint density at radius 2 is 1.85 bits per heavy atom. The summed E-state index contributed by atoms with van der Waals surface area (Å²) in [5, 5.41) is 0.411. The SMILES string of the molecule is O=S1(=O)CC2N=C(SCc3ccccc3F)N(c3ccc(F)cc3F)C2C1. The van der Waals surface area contributed by atoms with Crippen LogP contribution in [0, 0.1) is 17.5 Å². The highest BCUT2D eigenvalue weighted by Crippen LogP contribution is 2.37. The van der Waals surface area contributed by atoms with E-state index in [0.29, 0.717) is 10.7 Å². The minimum atomic E-state index is -3.28. The van der Waals surface area contributed by atoms with E-state index >= 15 is 0 Å². The highest BCUT2D eigenvalue weighted by atomic mass is 32.2. The minimum absolute atomic E-state index is 0.0702. The Morgan fingerprint density at radius 1 is 1.07 bits per heavy atom. The maximum Gasteiger partial charge on any atom is 0.164 e. The zero-order valence-electron chi connectivity index (χ0n) is 14.0. The van der Waals surface area contributed by atoms with E-state index in [0.717, 1.165) is 12.1 Å². The van der Waals surface area contributed by atoms with E-state index in [1.54, 1.807) is 18.2 Å². The number of nitrogens with zero attached hydrogens (tertiary/aromatic N) is 2. The van der Waals surface area contributed by atoms with E-state index < -0.39 is 33.6 Å². The predicted octanol–water partition coefficient (Wildman–Crippen LogP) is 3.38. The molecule has 2 unspecified atom stereocenters. The van der Waals surface area contributed by atoms with Gasteiger partial charge in [-0.25, -0.2) is 21.6 Å². The van der Waals surface area contributed by atoms with E-state index in [9.17, 15) is 21.6 Å². The van der Waals surface area contributed by atoms with Crippen LogP contribution in [0.15, 0.2) is 47.5 Å². The molecule has 0 spiro atoms. The molecule has 2 aromatic carbocycles. The number of aliphatic imine (C=N–C) groups is 1. The van der Waals surface area contributed by atoms with Crippen LogP contribution in [0.4, 0.5) is 18.9 Å². The van der Waals surface area contributed by atoms with E-state index in [2.05, 4.69) is 4.99 Å². The van der Waals surface area contributed by atoms with E-state index in [4.69, 9.17) is 0 Å². The smallest absolute Gasteiger partial charge is 0.164 e. The molecule has 4 rings (SSSR count). The number of hydrogen-bond acceptors (Lipinski definition) is 5. The number of benzene rings is 2. The summed E-state index contributed by atoms with van der Waals surface area (Å²) in [5.41, 5.74) is 0.537. The molecule has 142 valence electrons. The molecule has 0 aliphatic carbocycles. The summed E-state index contributed by atoms with van der Waals surface area (Å²) in [5.74, 6) is -1.87. The molecule has 27 heavy (non-hydrogen) atoms. The van der Waals surface area contributed by atoms with Crippen molar-refractivity contribution in [2.45, 2.75) is 17.8 Å². The van der Waals surface area contributed by atoms with Gasteiger partial charge in [-0.2, -0.15) is 0 Å². The van der Waals surface area contributed by atoms with Gasteiger partial charge in [0.05, 0.1) is 29.3 Å². The average Bonchev–Trinajstić information content (AvgIpc) is 3.06. The lowest BCUT2D eigenvalue weighted by Gasteiger charge is -2.26. The molecule has 2 heterocycles. The van der Waals surface area contributed by atoms with Gasteiger partial charge in [0.15, 0.2) is 15.0 Å². The third-order valence-electron chi connectivity index (χ3n) is 4.59. The van der Waals surface area contributed by atoms with Crippen LogP contribution in [0.1, 0.15) is 5.56 Å². The first kappa shape index (κ1) is 18.4. The average molecular weight is 412 g/mol. The van der Waals surface area contributed by atoms with Crippen molar-refractivity contribution in [3.8, 4) is 0 Å². The second kappa shape index (κ2) is 6.87. The van der Waals surface area contributed by atoms with E-state index in [1.807, 2.05) is 0 Å². The molecule has 2 aromatic rings. The summed E-state index contributed by atoms with van der Waals surface area (Å²) in [6.07, 6.45) is 0. The number of thioether (sulfide) groups is 1. The zero-order valence-corrected chi connectivity index (χ0v) is 15.6. The molecule has 2 atom stereocenters.